The summed E-state index contributed by atoms with van der Waals surface area (Å²) in [5, 5.41) is 0. The fourth-order valence-corrected chi connectivity index (χ4v) is 3.34. The van der Waals surface area contributed by atoms with Crippen LogP contribution in [0.2, 0.25) is 0 Å². The molecule has 0 aromatic heterocycles. The summed E-state index contributed by atoms with van der Waals surface area (Å²) in [5.41, 5.74) is 5.34. The van der Waals surface area contributed by atoms with Crippen LogP contribution >= 0.6 is 0 Å². The molecule has 0 saturated carbocycles. The molecule has 1 heteroatoms. The van der Waals surface area contributed by atoms with Crippen LogP contribution in [0.25, 0.3) is 0 Å². The van der Waals surface area contributed by atoms with E-state index in [-0.39, 0.29) is 0 Å². The molecular formula is C23H36O. The van der Waals surface area contributed by atoms with Gasteiger partial charge in [-0.1, -0.05) is 64.3 Å². The Morgan fingerprint density at radius 1 is 1.04 bits per heavy atom. The highest BCUT2D eigenvalue weighted by Gasteiger charge is 2.16. The number of hydrogen-bond donors (Lipinski definition) is 0. The van der Waals surface area contributed by atoms with Gasteiger partial charge in [-0.3, -0.25) is 4.79 Å². The van der Waals surface area contributed by atoms with E-state index in [1.165, 1.54) is 47.9 Å². The fraction of sp³-hybridized carbons (Fsp3) is 0.609. The second-order valence-corrected chi connectivity index (χ2v) is 7.65. The molecule has 0 bridgehead atoms. The van der Waals surface area contributed by atoms with Gasteiger partial charge in [0.1, 0.15) is 0 Å². The maximum absolute atomic E-state index is 12.4. The summed E-state index contributed by atoms with van der Waals surface area (Å²) < 4.78 is 0. The van der Waals surface area contributed by atoms with Gasteiger partial charge in [-0.2, -0.15) is 0 Å². The van der Waals surface area contributed by atoms with Gasteiger partial charge in [-0.05, 0) is 67.7 Å². The summed E-state index contributed by atoms with van der Waals surface area (Å²) in [6.45, 7) is 13.0. The molecule has 0 N–H and O–H groups in total. The van der Waals surface area contributed by atoms with E-state index in [2.05, 4.69) is 59.7 Å². The molecule has 0 aliphatic rings. The van der Waals surface area contributed by atoms with Crippen molar-refractivity contribution in [3.05, 3.63) is 46.5 Å². The molecular weight excluding hydrogens is 292 g/mol. The summed E-state index contributed by atoms with van der Waals surface area (Å²) >= 11 is 0. The molecule has 0 fully saturated rings. The smallest absolute Gasteiger partial charge is 0.155 e. The number of ketones is 1. The zero-order valence-electron chi connectivity index (χ0n) is 16.6. The first kappa shape index (κ1) is 20.7. The Kier molecular flexibility index (Phi) is 9.03. The standard InChI is InChI=1S/C23H36O/c1-7-9-21(10-8-2)22(16-23(24)13-17(3)4)15-20-12-11-18(5)19(6)14-20/h11-12,14,16-17,21H,7-10,13,15H2,1-6H3/b22-16-. The highest BCUT2D eigenvalue weighted by Crippen LogP contribution is 2.27. The van der Waals surface area contributed by atoms with Crippen molar-refractivity contribution in [1.29, 1.82) is 0 Å². The lowest BCUT2D eigenvalue weighted by atomic mass is 9.84. The normalized spacial score (nSPS) is 12.2. The molecule has 0 amide bonds. The number of rotatable bonds is 10. The van der Waals surface area contributed by atoms with Gasteiger partial charge >= 0.3 is 0 Å². The Bertz CT molecular complexity index is 545. The highest BCUT2D eigenvalue weighted by atomic mass is 16.1. The zero-order chi connectivity index (χ0) is 18.1. The third kappa shape index (κ3) is 7.03. The number of aryl methyl sites for hydroxylation is 2. The molecule has 1 aromatic rings. The van der Waals surface area contributed by atoms with Crippen molar-refractivity contribution < 1.29 is 4.79 Å². The second kappa shape index (κ2) is 10.5. The van der Waals surface area contributed by atoms with Crippen LogP contribution in [-0.2, 0) is 11.2 Å². The van der Waals surface area contributed by atoms with E-state index in [0.29, 0.717) is 24.0 Å². The summed E-state index contributed by atoms with van der Waals surface area (Å²) in [7, 11) is 0. The summed E-state index contributed by atoms with van der Waals surface area (Å²) in [6.07, 6.45) is 8.25. The molecule has 1 aromatic carbocycles. The summed E-state index contributed by atoms with van der Waals surface area (Å²) in [6, 6.07) is 6.70. The van der Waals surface area contributed by atoms with Gasteiger partial charge in [-0.15, -0.1) is 0 Å². The quantitative estimate of drug-likeness (QED) is 0.442. The Labute approximate surface area is 149 Å². The minimum absolute atomic E-state index is 0.293. The maximum atomic E-state index is 12.4. The van der Waals surface area contributed by atoms with Gasteiger partial charge in [-0.25, -0.2) is 0 Å². The van der Waals surface area contributed by atoms with Gasteiger partial charge in [0.15, 0.2) is 5.78 Å². The summed E-state index contributed by atoms with van der Waals surface area (Å²) in [4.78, 5) is 12.4. The van der Waals surface area contributed by atoms with Gasteiger partial charge in [0.2, 0.25) is 0 Å². The number of carbonyl (C=O) groups is 1. The van der Waals surface area contributed by atoms with Crippen LogP contribution in [0.4, 0.5) is 0 Å². The van der Waals surface area contributed by atoms with Crippen molar-refractivity contribution >= 4 is 5.78 Å². The molecule has 1 rings (SSSR count). The van der Waals surface area contributed by atoms with Crippen LogP contribution in [0, 0.1) is 25.7 Å². The third-order valence-electron chi connectivity index (χ3n) is 4.73. The van der Waals surface area contributed by atoms with Gasteiger partial charge in [0.05, 0.1) is 0 Å². The molecule has 0 saturated heterocycles. The lowest BCUT2D eigenvalue weighted by Gasteiger charge is -2.20. The van der Waals surface area contributed by atoms with Crippen molar-refractivity contribution in [3.8, 4) is 0 Å². The molecule has 1 nitrogen and oxygen atoms in total. The van der Waals surface area contributed by atoms with Crippen LogP contribution in [0.3, 0.4) is 0 Å². The van der Waals surface area contributed by atoms with E-state index in [9.17, 15) is 4.79 Å². The molecule has 134 valence electrons. The Morgan fingerprint density at radius 2 is 1.67 bits per heavy atom. The average Bonchev–Trinajstić information content (AvgIpc) is 2.49. The number of benzene rings is 1. The first-order valence-electron chi connectivity index (χ1n) is 9.66. The van der Waals surface area contributed by atoms with Crippen molar-refractivity contribution in [3.63, 3.8) is 0 Å². The lowest BCUT2D eigenvalue weighted by molar-refractivity contribution is -0.115. The minimum atomic E-state index is 0.293. The lowest BCUT2D eigenvalue weighted by Crippen LogP contribution is -2.10. The van der Waals surface area contributed by atoms with Crippen LogP contribution < -0.4 is 0 Å². The number of allylic oxidation sites excluding steroid dienone is 2. The SMILES string of the molecule is CCCC(CCC)/C(=C\C(=O)CC(C)C)Cc1ccc(C)c(C)c1. The maximum Gasteiger partial charge on any atom is 0.155 e. The van der Waals surface area contributed by atoms with E-state index in [1.807, 2.05) is 6.08 Å². The van der Waals surface area contributed by atoms with Crippen LogP contribution in [0.5, 0.6) is 0 Å². The topological polar surface area (TPSA) is 17.1 Å². The van der Waals surface area contributed by atoms with Gasteiger partial charge in [0.25, 0.3) is 0 Å². The first-order valence-corrected chi connectivity index (χ1v) is 9.66. The second-order valence-electron chi connectivity index (χ2n) is 7.65. The molecule has 0 aliphatic heterocycles. The molecule has 0 atom stereocenters. The Balaban J connectivity index is 3.08. The number of hydrogen-bond acceptors (Lipinski definition) is 1. The third-order valence-corrected chi connectivity index (χ3v) is 4.73. The highest BCUT2D eigenvalue weighted by molar-refractivity contribution is 5.90. The molecule has 0 spiro atoms. The Hall–Kier alpha value is -1.37. The van der Waals surface area contributed by atoms with Crippen LogP contribution in [0.15, 0.2) is 29.8 Å². The van der Waals surface area contributed by atoms with Crippen molar-refractivity contribution in [2.24, 2.45) is 11.8 Å². The molecule has 24 heavy (non-hydrogen) atoms. The fourth-order valence-electron chi connectivity index (χ4n) is 3.34. The average molecular weight is 329 g/mol. The summed E-state index contributed by atoms with van der Waals surface area (Å²) in [5.74, 6) is 1.26. The van der Waals surface area contributed by atoms with E-state index in [1.54, 1.807) is 0 Å². The minimum Gasteiger partial charge on any atom is -0.295 e. The Morgan fingerprint density at radius 3 is 2.17 bits per heavy atom. The van der Waals surface area contributed by atoms with Gasteiger partial charge < -0.3 is 0 Å². The van der Waals surface area contributed by atoms with E-state index < -0.39 is 0 Å². The largest absolute Gasteiger partial charge is 0.295 e. The van der Waals surface area contributed by atoms with Crippen LogP contribution in [0.1, 0.15) is 76.5 Å². The molecule has 0 heterocycles. The molecule has 0 radical (unpaired) electrons. The van der Waals surface area contributed by atoms with Gasteiger partial charge in [0, 0.05) is 6.42 Å². The molecule has 0 aliphatic carbocycles. The molecule has 0 unspecified atom stereocenters. The van der Waals surface area contributed by atoms with E-state index in [0.717, 1.165) is 6.42 Å². The number of carbonyl (C=O) groups excluding carboxylic acids is 1. The monoisotopic (exact) mass is 328 g/mol. The van der Waals surface area contributed by atoms with E-state index >= 15 is 0 Å². The van der Waals surface area contributed by atoms with Crippen LogP contribution in [-0.4, -0.2) is 5.78 Å². The van der Waals surface area contributed by atoms with Crippen molar-refractivity contribution in [1.82, 2.24) is 0 Å². The predicted molar refractivity (Wildman–Crippen MR) is 105 cm³/mol. The van der Waals surface area contributed by atoms with E-state index in [4.69, 9.17) is 0 Å². The zero-order valence-corrected chi connectivity index (χ0v) is 16.6. The van der Waals surface area contributed by atoms with Crippen molar-refractivity contribution in [2.45, 2.75) is 80.1 Å². The first-order chi connectivity index (χ1) is 11.4. The van der Waals surface area contributed by atoms with Crippen molar-refractivity contribution in [2.75, 3.05) is 0 Å². The predicted octanol–water partition coefficient (Wildman–Crippen LogP) is 6.60.